The predicted molar refractivity (Wildman–Crippen MR) is 80.4 cm³/mol. The molecule has 0 aliphatic carbocycles. The number of likely N-dealkylation sites (N-methyl/N-ethyl adjacent to an activating group) is 1. The van der Waals surface area contributed by atoms with Gasteiger partial charge in [-0.2, -0.15) is 0 Å². The molecule has 20 heavy (non-hydrogen) atoms. The van der Waals surface area contributed by atoms with Crippen molar-refractivity contribution in [2.75, 3.05) is 47.4 Å². The van der Waals surface area contributed by atoms with E-state index in [1.54, 1.807) is 13.2 Å². The topological polar surface area (TPSA) is 32.8 Å². The van der Waals surface area contributed by atoms with Gasteiger partial charge in [0.1, 0.15) is 5.75 Å². The zero-order valence-corrected chi connectivity index (χ0v) is 12.6. The number of carbonyl (C=O) groups excluding carboxylic acids is 1. The monoisotopic (exact) mass is 276 g/mol. The van der Waals surface area contributed by atoms with Crippen molar-refractivity contribution in [3.05, 3.63) is 29.8 Å². The van der Waals surface area contributed by atoms with Crippen LogP contribution in [0.1, 0.15) is 16.8 Å². The quantitative estimate of drug-likeness (QED) is 0.741. The van der Waals surface area contributed by atoms with Gasteiger partial charge >= 0.3 is 0 Å². The smallest absolute Gasteiger partial charge is 0.176 e. The fourth-order valence-corrected chi connectivity index (χ4v) is 2.81. The summed E-state index contributed by atoms with van der Waals surface area (Å²) < 4.78 is 5.16. The average Bonchev–Trinajstić information content (AvgIpc) is 2.83. The number of likely N-dealkylation sites (tertiary alicyclic amines) is 1. The lowest BCUT2D eigenvalue weighted by molar-refractivity contribution is 0.0938. The Bertz CT molecular complexity index is 462. The van der Waals surface area contributed by atoms with Crippen LogP contribution in [0.4, 0.5) is 0 Å². The van der Waals surface area contributed by atoms with Crippen molar-refractivity contribution in [2.24, 2.45) is 5.92 Å². The Balaban J connectivity index is 1.86. The Morgan fingerprint density at radius 1 is 1.50 bits per heavy atom. The molecule has 1 unspecified atom stereocenters. The van der Waals surface area contributed by atoms with E-state index in [9.17, 15) is 4.79 Å². The third-order valence-corrected chi connectivity index (χ3v) is 3.86. The van der Waals surface area contributed by atoms with E-state index in [4.69, 9.17) is 4.74 Å². The number of nitrogens with zero attached hydrogens (tertiary/aromatic N) is 2. The Labute approximate surface area is 121 Å². The molecule has 0 saturated carbocycles. The van der Waals surface area contributed by atoms with Gasteiger partial charge in [0.25, 0.3) is 0 Å². The molecule has 0 amide bonds. The Morgan fingerprint density at radius 3 is 2.95 bits per heavy atom. The molecule has 2 rings (SSSR count). The van der Waals surface area contributed by atoms with Gasteiger partial charge in [-0.15, -0.1) is 0 Å². The summed E-state index contributed by atoms with van der Waals surface area (Å²) in [5, 5.41) is 0. The second-order valence-corrected chi connectivity index (χ2v) is 5.77. The number of hydrogen-bond acceptors (Lipinski definition) is 4. The number of carbonyl (C=O) groups is 1. The molecule has 0 aromatic heterocycles. The van der Waals surface area contributed by atoms with Crippen LogP contribution in [-0.2, 0) is 0 Å². The fourth-order valence-electron chi connectivity index (χ4n) is 2.81. The predicted octanol–water partition coefficient (Wildman–Crippen LogP) is 1.76. The lowest BCUT2D eigenvalue weighted by Crippen LogP contribution is -2.31. The summed E-state index contributed by atoms with van der Waals surface area (Å²) in [7, 11) is 5.80. The Hall–Kier alpha value is -1.39. The number of benzene rings is 1. The van der Waals surface area contributed by atoms with Crippen LogP contribution in [0, 0.1) is 5.92 Å². The molecule has 1 aliphatic rings. The standard InChI is InChI=1S/C16H24N2O2/c1-17-8-7-13(10-17)11-18(2)12-16(19)14-5-4-6-15(9-14)20-3/h4-6,9,13H,7-8,10-12H2,1-3H3. The van der Waals surface area contributed by atoms with Gasteiger partial charge in [-0.05, 0) is 45.1 Å². The van der Waals surface area contributed by atoms with Gasteiger partial charge in [0.05, 0.1) is 13.7 Å². The molecule has 4 nitrogen and oxygen atoms in total. The van der Waals surface area contributed by atoms with E-state index < -0.39 is 0 Å². The molecule has 1 atom stereocenters. The maximum absolute atomic E-state index is 12.3. The molecule has 1 aromatic rings. The highest BCUT2D eigenvalue weighted by atomic mass is 16.5. The third-order valence-electron chi connectivity index (χ3n) is 3.86. The molecule has 0 N–H and O–H groups in total. The largest absolute Gasteiger partial charge is 0.497 e. The molecular formula is C16H24N2O2. The molecule has 1 fully saturated rings. The number of ether oxygens (including phenoxy) is 1. The van der Waals surface area contributed by atoms with E-state index in [0.29, 0.717) is 12.5 Å². The van der Waals surface area contributed by atoms with Crippen molar-refractivity contribution < 1.29 is 9.53 Å². The summed E-state index contributed by atoms with van der Waals surface area (Å²) in [6, 6.07) is 7.37. The van der Waals surface area contributed by atoms with Crippen molar-refractivity contribution >= 4 is 5.78 Å². The van der Waals surface area contributed by atoms with E-state index in [0.717, 1.165) is 24.4 Å². The summed E-state index contributed by atoms with van der Waals surface area (Å²) in [6.45, 7) is 3.76. The summed E-state index contributed by atoms with van der Waals surface area (Å²) in [4.78, 5) is 16.7. The molecule has 1 heterocycles. The second-order valence-electron chi connectivity index (χ2n) is 5.77. The van der Waals surface area contributed by atoms with Crippen molar-refractivity contribution in [1.82, 2.24) is 9.80 Å². The van der Waals surface area contributed by atoms with Crippen molar-refractivity contribution in [3.63, 3.8) is 0 Å². The van der Waals surface area contributed by atoms with Crippen LogP contribution in [0.25, 0.3) is 0 Å². The molecule has 0 spiro atoms. The molecule has 1 aliphatic heterocycles. The van der Waals surface area contributed by atoms with Crippen LogP contribution in [0.2, 0.25) is 0 Å². The van der Waals surface area contributed by atoms with Crippen molar-refractivity contribution in [1.29, 1.82) is 0 Å². The zero-order valence-electron chi connectivity index (χ0n) is 12.6. The van der Waals surface area contributed by atoms with Gasteiger partial charge in [-0.3, -0.25) is 9.69 Å². The molecule has 0 radical (unpaired) electrons. The average molecular weight is 276 g/mol. The van der Waals surface area contributed by atoms with Gasteiger partial charge < -0.3 is 9.64 Å². The van der Waals surface area contributed by atoms with Crippen LogP contribution < -0.4 is 4.74 Å². The van der Waals surface area contributed by atoms with Gasteiger partial charge in [-0.1, -0.05) is 12.1 Å². The molecule has 110 valence electrons. The van der Waals surface area contributed by atoms with E-state index in [1.807, 2.05) is 25.2 Å². The van der Waals surface area contributed by atoms with Gasteiger partial charge in [0.15, 0.2) is 5.78 Å². The minimum atomic E-state index is 0.151. The van der Waals surface area contributed by atoms with Crippen LogP contribution >= 0.6 is 0 Å². The minimum absolute atomic E-state index is 0.151. The first-order chi connectivity index (χ1) is 9.58. The van der Waals surface area contributed by atoms with Crippen LogP contribution in [0.15, 0.2) is 24.3 Å². The highest BCUT2D eigenvalue weighted by molar-refractivity contribution is 5.97. The highest BCUT2D eigenvalue weighted by Crippen LogP contribution is 2.16. The van der Waals surface area contributed by atoms with Crippen LogP contribution in [-0.4, -0.2) is 63.0 Å². The number of hydrogen-bond donors (Lipinski definition) is 0. The van der Waals surface area contributed by atoms with Crippen LogP contribution in [0.5, 0.6) is 5.75 Å². The molecular weight excluding hydrogens is 252 g/mol. The summed E-state index contributed by atoms with van der Waals surface area (Å²) in [6.07, 6.45) is 1.23. The lowest BCUT2D eigenvalue weighted by atomic mass is 10.1. The number of rotatable bonds is 6. The maximum atomic E-state index is 12.3. The normalized spacial score (nSPS) is 19.5. The lowest BCUT2D eigenvalue weighted by Gasteiger charge is -2.20. The summed E-state index contributed by atoms with van der Waals surface area (Å²) >= 11 is 0. The van der Waals surface area contributed by atoms with E-state index in [2.05, 4.69) is 16.8 Å². The molecule has 1 saturated heterocycles. The number of methoxy groups -OCH3 is 1. The molecule has 0 bridgehead atoms. The Kier molecular flexibility index (Phi) is 5.15. The van der Waals surface area contributed by atoms with Gasteiger partial charge in [-0.25, -0.2) is 0 Å². The van der Waals surface area contributed by atoms with E-state index in [1.165, 1.54) is 13.0 Å². The van der Waals surface area contributed by atoms with Gasteiger partial charge in [0, 0.05) is 18.7 Å². The first-order valence-electron chi connectivity index (χ1n) is 7.13. The van der Waals surface area contributed by atoms with Gasteiger partial charge in [0.2, 0.25) is 0 Å². The van der Waals surface area contributed by atoms with Crippen LogP contribution in [0.3, 0.4) is 0 Å². The maximum Gasteiger partial charge on any atom is 0.176 e. The minimum Gasteiger partial charge on any atom is -0.497 e. The van der Waals surface area contributed by atoms with E-state index in [-0.39, 0.29) is 5.78 Å². The second kappa shape index (κ2) is 6.86. The van der Waals surface area contributed by atoms with E-state index >= 15 is 0 Å². The highest BCUT2D eigenvalue weighted by Gasteiger charge is 2.21. The first-order valence-corrected chi connectivity index (χ1v) is 7.13. The van der Waals surface area contributed by atoms with Crippen molar-refractivity contribution in [3.8, 4) is 5.75 Å². The zero-order chi connectivity index (χ0) is 14.5. The summed E-state index contributed by atoms with van der Waals surface area (Å²) in [5.74, 6) is 1.57. The summed E-state index contributed by atoms with van der Waals surface area (Å²) in [5.41, 5.74) is 0.722. The van der Waals surface area contributed by atoms with Crippen molar-refractivity contribution in [2.45, 2.75) is 6.42 Å². The Morgan fingerprint density at radius 2 is 2.30 bits per heavy atom. The fraction of sp³-hybridized carbons (Fsp3) is 0.562. The molecule has 1 aromatic carbocycles. The SMILES string of the molecule is COc1cccc(C(=O)CN(C)CC2CCN(C)C2)c1. The third kappa shape index (κ3) is 4.05. The number of ketones is 1. The number of Topliss-reactive ketones (excluding diaryl/α,β-unsaturated/α-hetero) is 1. The molecule has 4 heteroatoms. The first kappa shape index (κ1) is 15.0.